The summed E-state index contributed by atoms with van der Waals surface area (Å²) < 4.78 is 10.4. The van der Waals surface area contributed by atoms with E-state index >= 15 is 0 Å². The molecular weight excluding hydrogens is 344 g/mol. The zero-order valence-electron chi connectivity index (χ0n) is 15.9. The van der Waals surface area contributed by atoms with E-state index in [-0.39, 0.29) is 17.9 Å². The van der Waals surface area contributed by atoms with Crippen LogP contribution in [0.15, 0.2) is 48.5 Å². The quantitative estimate of drug-likeness (QED) is 0.734. The number of benzene rings is 2. The number of anilines is 1. The number of hydrogen-bond acceptors (Lipinski definition) is 4. The van der Waals surface area contributed by atoms with Gasteiger partial charge in [0.25, 0.3) is 5.91 Å². The third-order valence-corrected chi connectivity index (χ3v) is 3.65. The average molecular weight is 368 g/mol. The fourth-order valence-corrected chi connectivity index (χ4v) is 2.40. The third-order valence-electron chi connectivity index (χ3n) is 3.65. The van der Waals surface area contributed by atoms with Gasteiger partial charge >= 0.3 is 0 Å². The Balaban J connectivity index is 2.05. The summed E-state index contributed by atoms with van der Waals surface area (Å²) in [6.45, 7) is 3.78. The van der Waals surface area contributed by atoms with Crippen LogP contribution in [-0.4, -0.2) is 32.1 Å². The Hall–Kier alpha value is -3.28. The Kier molecular flexibility index (Phi) is 7.00. The lowest BCUT2D eigenvalue weighted by Crippen LogP contribution is -2.30. The summed E-state index contributed by atoms with van der Waals surface area (Å²) in [5, 5.41) is 5.57. The molecule has 142 valence electrons. The smallest absolute Gasteiger partial charge is 0.251 e. The Bertz CT molecular complexity index is 844. The SMILES string of the molecule is COc1ccc(/C=C/C(=O)Nc2cccc(C(=O)NC(C)C)c2)cc1OC. The van der Waals surface area contributed by atoms with Crippen molar-refractivity contribution in [2.45, 2.75) is 19.9 Å². The number of hydrogen-bond donors (Lipinski definition) is 2. The summed E-state index contributed by atoms with van der Waals surface area (Å²) in [7, 11) is 3.12. The van der Waals surface area contributed by atoms with E-state index < -0.39 is 0 Å². The van der Waals surface area contributed by atoms with Crippen LogP contribution in [0.1, 0.15) is 29.8 Å². The summed E-state index contributed by atoms with van der Waals surface area (Å²) in [4.78, 5) is 24.2. The highest BCUT2D eigenvalue weighted by atomic mass is 16.5. The van der Waals surface area contributed by atoms with Crippen molar-refractivity contribution in [2.75, 3.05) is 19.5 Å². The van der Waals surface area contributed by atoms with Crippen LogP contribution in [-0.2, 0) is 4.79 Å². The Labute approximate surface area is 159 Å². The van der Waals surface area contributed by atoms with E-state index in [2.05, 4.69) is 10.6 Å². The standard InChI is InChI=1S/C21H24N2O4/c1-14(2)22-21(25)16-6-5-7-17(13-16)23-20(24)11-9-15-8-10-18(26-3)19(12-15)27-4/h5-14H,1-4H3,(H,22,25)(H,23,24)/b11-9+. The molecule has 0 unspecified atom stereocenters. The van der Waals surface area contributed by atoms with Crippen LogP contribution in [0.2, 0.25) is 0 Å². The topological polar surface area (TPSA) is 76.7 Å². The minimum atomic E-state index is -0.300. The molecule has 0 heterocycles. The lowest BCUT2D eigenvalue weighted by Gasteiger charge is -2.09. The molecule has 0 saturated carbocycles. The molecular formula is C21H24N2O4. The molecule has 0 fully saturated rings. The van der Waals surface area contributed by atoms with Crippen molar-refractivity contribution in [3.63, 3.8) is 0 Å². The minimum Gasteiger partial charge on any atom is -0.493 e. The molecule has 2 amide bonds. The number of amides is 2. The van der Waals surface area contributed by atoms with Crippen LogP contribution in [0.25, 0.3) is 6.08 Å². The largest absolute Gasteiger partial charge is 0.493 e. The molecule has 2 aromatic carbocycles. The Morgan fingerprint density at radius 3 is 2.41 bits per heavy atom. The number of methoxy groups -OCH3 is 2. The average Bonchev–Trinajstić information content (AvgIpc) is 2.65. The zero-order chi connectivity index (χ0) is 19.8. The molecule has 6 heteroatoms. The van der Waals surface area contributed by atoms with Gasteiger partial charge in [-0.2, -0.15) is 0 Å². The summed E-state index contributed by atoms with van der Waals surface area (Å²) >= 11 is 0. The molecule has 6 nitrogen and oxygen atoms in total. The van der Waals surface area contributed by atoms with Gasteiger partial charge in [0.05, 0.1) is 14.2 Å². The van der Waals surface area contributed by atoms with Gasteiger partial charge in [-0.3, -0.25) is 9.59 Å². The molecule has 2 aromatic rings. The first-order chi connectivity index (χ1) is 12.9. The van der Waals surface area contributed by atoms with Crippen LogP contribution >= 0.6 is 0 Å². The lowest BCUT2D eigenvalue weighted by atomic mass is 10.1. The van der Waals surface area contributed by atoms with E-state index in [4.69, 9.17) is 9.47 Å². The van der Waals surface area contributed by atoms with Crippen molar-refractivity contribution in [3.05, 3.63) is 59.7 Å². The monoisotopic (exact) mass is 368 g/mol. The van der Waals surface area contributed by atoms with Gasteiger partial charge in [-0.05, 0) is 55.8 Å². The van der Waals surface area contributed by atoms with Crippen molar-refractivity contribution < 1.29 is 19.1 Å². The van der Waals surface area contributed by atoms with E-state index in [1.165, 1.54) is 6.08 Å². The minimum absolute atomic E-state index is 0.0418. The number of carbonyl (C=O) groups excluding carboxylic acids is 2. The fraction of sp³-hybridized carbons (Fsp3) is 0.238. The van der Waals surface area contributed by atoms with Gasteiger partial charge in [0.1, 0.15) is 0 Å². The molecule has 0 atom stereocenters. The molecule has 0 aromatic heterocycles. The van der Waals surface area contributed by atoms with Crippen molar-refractivity contribution in [1.29, 1.82) is 0 Å². The van der Waals surface area contributed by atoms with Crippen molar-refractivity contribution in [3.8, 4) is 11.5 Å². The van der Waals surface area contributed by atoms with Gasteiger partial charge in [-0.25, -0.2) is 0 Å². The molecule has 0 aliphatic heterocycles. The van der Waals surface area contributed by atoms with Crippen LogP contribution in [0.4, 0.5) is 5.69 Å². The van der Waals surface area contributed by atoms with E-state index in [0.29, 0.717) is 22.7 Å². The highest BCUT2D eigenvalue weighted by molar-refractivity contribution is 6.03. The van der Waals surface area contributed by atoms with Crippen LogP contribution in [0, 0.1) is 0 Å². The van der Waals surface area contributed by atoms with Gasteiger partial charge in [0.2, 0.25) is 5.91 Å². The number of rotatable bonds is 7. The summed E-state index contributed by atoms with van der Waals surface area (Å²) in [6, 6.07) is 12.2. The number of nitrogens with one attached hydrogen (secondary N) is 2. The molecule has 0 saturated heterocycles. The van der Waals surface area contributed by atoms with Gasteiger partial charge in [-0.1, -0.05) is 12.1 Å². The van der Waals surface area contributed by atoms with Gasteiger partial charge < -0.3 is 20.1 Å². The van der Waals surface area contributed by atoms with E-state index in [0.717, 1.165) is 5.56 Å². The highest BCUT2D eigenvalue weighted by Crippen LogP contribution is 2.27. The molecule has 27 heavy (non-hydrogen) atoms. The van der Waals surface area contributed by atoms with Gasteiger partial charge in [-0.15, -0.1) is 0 Å². The Morgan fingerprint density at radius 2 is 1.74 bits per heavy atom. The molecule has 0 aliphatic carbocycles. The van der Waals surface area contributed by atoms with Gasteiger partial charge in [0, 0.05) is 23.4 Å². The first-order valence-electron chi connectivity index (χ1n) is 8.55. The normalized spacial score (nSPS) is 10.7. The first kappa shape index (κ1) is 20.0. The van der Waals surface area contributed by atoms with Crippen molar-refractivity contribution in [2.24, 2.45) is 0 Å². The second-order valence-electron chi connectivity index (χ2n) is 6.15. The second-order valence-corrected chi connectivity index (χ2v) is 6.15. The van der Waals surface area contributed by atoms with Crippen LogP contribution in [0.3, 0.4) is 0 Å². The molecule has 0 radical (unpaired) electrons. The van der Waals surface area contributed by atoms with Gasteiger partial charge in [0.15, 0.2) is 11.5 Å². The van der Waals surface area contributed by atoms with E-state index in [1.54, 1.807) is 56.7 Å². The van der Waals surface area contributed by atoms with E-state index in [9.17, 15) is 9.59 Å². The maximum absolute atomic E-state index is 12.2. The maximum Gasteiger partial charge on any atom is 0.251 e. The lowest BCUT2D eigenvalue weighted by molar-refractivity contribution is -0.111. The highest BCUT2D eigenvalue weighted by Gasteiger charge is 2.08. The second kappa shape index (κ2) is 9.43. The molecule has 2 rings (SSSR count). The molecule has 0 spiro atoms. The third kappa shape index (κ3) is 5.88. The maximum atomic E-state index is 12.2. The predicted octanol–water partition coefficient (Wildman–Crippen LogP) is 3.49. The predicted molar refractivity (Wildman–Crippen MR) is 106 cm³/mol. The molecule has 0 aliphatic rings. The fourth-order valence-electron chi connectivity index (χ4n) is 2.40. The Morgan fingerprint density at radius 1 is 1.00 bits per heavy atom. The molecule has 0 bridgehead atoms. The summed E-state index contributed by atoms with van der Waals surface area (Å²) in [6.07, 6.45) is 3.09. The van der Waals surface area contributed by atoms with E-state index in [1.807, 2.05) is 19.9 Å². The van der Waals surface area contributed by atoms with Crippen LogP contribution in [0.5, 0.6) is 11.5 Å². The van der Waals surface area contributed by atoms with Crippen molar-refractivity contribution in [1.82, 2.24) is 5.32 Å². The number of carbonyl (C=O) groups is 2. The first-order valence-corrected chi connectivity index (χ1v) is 8.55. The summed E-state index contributed by atoms with van der Waals surface area (Å²) in [5.41, 5.74) is 1.84. The number of ether oxygens (including phenoxy) is 2. The summed E-state index contributed by atoms with van der Waals surface area (Å²) in [5.74, 6) is 0.729. The van der Waals surface area contributed by atoms with Crippen molar-refractivity contribution >= 4 is 23.6 Å². The zero-order valence-corrected chi connectivity index (χ0v) is 15.9. The molecule has 2 N–H and O–H groups in total. The van der Waals surface area contributed by atoms with Crippen LogP contribution < -0.4 is 20.1 Å².